The number of hydrogen-bond donors (Lipinski definition) is 0. The lowest BCUT2D eigenvalue weighted by Crippen LogP contribution is -2.18. The fourth-order valence-corrected chi connectivity index (χ4v) is 4.02. The summed E-state index contributed by atoms with van der Waals surface area (Å²) in [6, 6.07) is 0. The van der Waals surface area contributed by atoms with Crippen molar-refractivity contribution in [3.05, 3.63) is 0 Å². The monoisotopic (exact) mass is 170 g/mol. The van der Waals surface area contributed by atoms with Crippen LogP contribution >= 0.6 is 11.8 Å². The highest BCUT2D eigenvalue weighted by molar-refractivity contribution is 7.99. The maximum atomic E-state index is 2.26. The fourth-order valence-electron chi connectivity index (χ4n) is 2.47. The van der Waals surface area contributed by atoms with E-state index in [0.29, 0.717) is 0 Å². The highest BCUT2D eigenvalue weighted by Crippen LogP contribution is 2.38. The van der Waals surface area contributed by atoms with Crippen molar-refractivity contribution >= 4 is 11.8 Å². The van der Waals surface area contributed by atoms with Crippen LogP contribution in [0.4, 0.5) is 0 Å². The van der Waals surface area contributed by atoms with Crippen LogP contribution in [0.3, 0.4) is 0 Å². The molecule has 1 unspecified atom stereocenters. The van der Waals surface area contributed by atoms with Gasteiger partial charge in [0, 0.05) is 5.25 Å². The molecular formula is C10H18S. The van der Waals surface area contributed by atoms with Gasteiger partial charge in [-0.2, -0.15) is 11.8 Å². The maximum Gasteiger partial charge on any atom is 0.00753 e. The molecule has 0 aromatic rings. The molecule has 0 bridgehead atoms. The molecule has 0 amide bonds. The Morgan fingerprint density at radius 3 is 2.18 bits per heavy atom. The van der Waals surface area contributed by atoms with Crippen LogP contribution < -0.4 is 0 Å². The first kappa shape index (κ1) is 7.97. The molecule has 1 heterocycles. The van der Waals surface area contributed by atoms with Crippen molar-refractivity contribution in [3.63, 3.8) is 0 Å². The summed E-state index contributed by atoms with van der Waals surface area (Å²) in [5.41, 5.74) is 0. The van der Waals surface area contributed by atoms with E-state index in [9.17, 15) is 0 Å². The molecule has 1 aliphatic heterocycles. The molecule has 0 N–H and O–H groups in total. The largest absolute Gasteiger partial charge is 0.158 e. The second-order valence-corrected chi connectivity index (χ2v) is 5.30. The van der Waals surface area contributed by atoms with Gasteiger partial charge in [-0.15, -0.1) is 0 Å². The minimum absolute atomic E-state index is 1.06. The van der Waals surface area contributed by atoms with E-state index in [1.165, 1.54) is 50.7 Å². The van der Waals surface area contributed by atoms with Crippen molar-refractivity contribution in [3.8, 4) is 0 Å². The lowest BCUT2D eigenvalue weighted by molar-refractivity contribution is 0.478. The summed E-state index contributed by atoms with van der Waals surface area (Å²) in [5.74, 6) is 2.56. The molecule has 0 aromatic heterocycles. The topological polar surface area (TPSA) is 0 Å². The molecule has 1 saturated heterocycles. The molecule has 2 fully saturated rings. The minimum Gasteiger partial charge on any atom is -0.158 e. The van der Waals surface area contributed by atoms with Gasteiger partial charge in [0.15, 0.2) is 0 Å². The molecule has 2 rings (SSSR count). The van der Waals surface area contributed by atoms with Gasteiger partial charge in [0.05, 0.1) is 0 Å². The second-order valence-electron chi connectivity index (χ2n) is 3.95. The third-order valence-corrected chi connectivity index (χ3v) is 4.71. The lowest BCUT2D eigenvalue weighted by Gasteiger charge is -2.26. The van der Waals surface area contributed by atoms with Crippen molar-refractivity contribution < 1.29 is 0 Å². The summed E-state index contributed by atoms with van der Waals surface area (Å²) in [6.45, 7) is 0. The fraction of sp³-hybridized carbons (Fsp3) is 1.00. The number of rotatable bonds is 1. The Morgan fingerprint density at radius 1 is 0.818 bits per heavy atom. The van der Waals surface area contributed by atoms with E-state index >= 15 is 0 Å². The Labute approximate surface area is 74.1 Å². The Balaban J connectivity index is 1.82. The molecule has 2 aliphatic rings. The highest BCUT2D eigenvalue weighted by atomic mass is 32.2. The molecule has 1 aliphatic carbocycles. The van der Waals surface area contributed by atoms with Crippen molar-refractivity contribution in [2.75, 3.05) is 5.75 Å². The van der Waals surface area contributed by atoms with E-state index < -0.39 is 0 Å². The van der Waals surface area contributed by atoms with E-state index in [-0.39, 0.29) is 0 Å². The van der Waals surface area contributed by atoms with Gasteiger partial charge < -0.3 is 0 Å². The molecule has 1 saturated carbocycles. The van der Waals surface area contributed by atoms with Gasteiger partial charge in [0.1, 0.15) is 0 Å². The van der Waals surface area contributed by atoms with Crippen molar-refractivity contribution in [1.82, 2.24) is 0 Å². The number of thioether (sulfide) groups is 1. The van der Waals surface area contributed by atoms with E-state index in [1.807, 2.05) is 0 Å². The standard InChI is InChI=1S/C10H18S/c1-2-6-9(5-1)10-7-3-4-8-11-10/h9-10H,1-8H2. The van der Waals surface area contributed by atoms with Gasteiger partial charge in [-0.05, 0) is 37.4 Å². The molecule has 1 heteroatoms. The molecular weight excluding hydrogens is 152 g/mol. The molecule has 0 aromatic carbocycles. The second kappa shape index (κ2) is 3.84. The molecule has 0 radical (unpaired) electrons. The summed E-state index contributed by atoms with van der Waals surface area (Å²) in [6.07, 6.45) is 10.6. The van der Waals surface area contributed by atoms with Crippen LogP contribution in [-0.2, 0) is 0 Å². The van der Waals surface area contributed by atoms with E-state index in [1.54, 1.807) is 0 Å². The zero-order valence-corrected chi connectivity index (χ0v) is 8.04. The SMILES string of the molecule is C1CCC(C2CCCC2)SC1. The van der Waals surface area contributed by atoms with Gasteiger partial charge in [0.25, 0.3) is 0 Å². The maximum absolute atomic E-state index is 2.26. The van der Waals surface area contributed by atoms with E-state index in [4.69, 9.17) is 0 Å². The zero-order chi connectivity index (χ0) is 7.52. The van der Waals surface area contributed by atoms with Gasteiger partial charge >= 0.3 is 0 Å². The Hall–Kier alpha value is 0.350. The van der Waals surface area contributed by atoms with Crippen LogP contribution in [0.1, 0.15) is 44.9 Å². The lowest BCUT2D eigenvalue weighted by atomic mass is 9.99. The normalized spacial score (nSPS) is 34.4. The van der Waals surface area contributed by atoms with Crippen LogP contribution in [0.2, 0.25) is 0 Å². The average molecular weight is 170 g/mol. The van der Waals surface area contributed by atoms with Gasteiger partial charge in [-0.25, -0.2) is 0 Å². The Kier molecular flexibility index (Phi) is 2.78. The summed E-state index contributed by atoms with van der Waals surface area (Å²) >= 11 is 2.26. The van der Waals surface area contributed by atoms with E-state index in [0.717, 1.165) is 11.2 Å². The molecule has 11 heavy (non-hydrogen) atoms. The number of hydrogen-bond acceptors (Lipinski definition) is 1. The van der Waals surface area contributed by atoms with Crippen LogP contribution in [0, 0.1) is 5.92 Å². The molecule has 64 valence electrons. The van der Waals surface area contributed by atoms with E-state index in [2.05, 4.69) is 11.8 Å². The Morgan fingerprint density at radius 2 is 1.55 bits per heavy atom. The third-order valence-electron chi connectivity index (χ3n) is 3.14. The molecule has 0 spiro atoms. The molecule has 0 nitrogen and oxygen atoms in total. The predicted octanol–water partition coefficient (Wildman–Crippen LogP) is 3.46. The van der Waals surface area contributed by atoms with Gasteiger partial charge in [0.2, 0.25) is 0 Å². The van der Waals surface area contributed by atoms with Crippen molar-refractivity contribution in [1.29, 1.82) is 0 Å². The Bertz CT molecular complexity index is 110. The summed E-state index contributed by atoms with van der Waals surface area (Å²) in [4.78, 5) is 0. The smallest absolute Gasteiger partial charge is 0.00753 e. The highest BCUT2D eigenvalue weighted by Gasteiger charge is 2.26. The molecule has 1 atom stereocenters. The first-order chi connectivity index (χ1) is 5.47. The summed E-state index contributed by atoms with van der Waals surface area (Å²) in [7, 11) is 0. The summed E-state index contributed by atoms with van der Waals surface area (Å²) < 4.78 is 0. The van der Waals surface area contributed by atoms with Crippen LogP contribution in [-0.4, -0.2) is 11.0 Å². The minimum atomic E-state index is 1.06. The van der Waals surface area contributed by atoms with Crippen molar-refractivity contribution in [2.24, 2.45) is 5.92 Å². The van der Waals surface area contributed by atoms with Crippen LogP contribution in [0.5, 0.6) is 0 Å². The predicted molar refractivity (Wildman–Crippen MR) is 52.1 cm³/mol. The van der Waals surface area contributed by atoms with Crippen LogP contribution in [0.15, 0.2) is 0 Å². The van der Waals surface area contributed by atoms with Gasteiger partial charge in [-0.1, -0.05) is 19.3 Å². The average Bonchev–Trinajstić information content (AvgIpc) is 2.58. The first-order valence-corrected chi connectivity index (χ1v) is 6.13. The van der Waals surface area contributed by atoms with Crippen LogP contribution in [0.25, 0.3) is 0 Å². The summed E-state index contributed by atoms with van der Waals surface area (Å²) in [5, 5.41) is 1.06. The quantitative estimate of drug-likeness (QED) is 0.580. The van der Waals surface area contributed by atoms with Gasteiger partial charge in [-0.3, -0.25) is 0 Å². The zero-order valence-electron chi connectivity index (χ0n) is 7.22. The first-order valence-electron chi connectivity index (χ1n) is 5.08. The third kappa shape index (κ3) is 1.93. The van der Waals surface area contributed by atoms with Crippen molar-refractivity contribution in [2.45, 2.75) is 50.2 Å².